The van der Waals surface area contributed by atoms with Gasteiger partial charge < -0.3 is 4.90 Å². The van der Waals surface area contributed by atoms with E-state index in [1.807, 2.05) is 11.8 Å². The van der Waals surface area contributed by atoms with Gasteiger partial charge in [-0.25, -0.2) is 0 Å². The van der Waals surface area contributed by atoms with Gasteiger partial charge >= 0.3 is 0 Å². The summed E-state index contributed by atoms with van der Waals surface area (Å²) in [6, 6.07) is 0.141. The normalized spacial score (nSPS) is 36.3. The van der Waals surface area contributed by atoms with E-state index in [2.05, 4.69) is 21.0 Å². The van der Waals surface area contributed by atoms with Gasteiger partial charge in [-0.15, -0.1) is 0 Å². The zero-order valence-corrected chi connectivity index (χ0v) is 12.7. The molecule has 108 valence electrons. The van der Waals surface area contributed by atoms with Crippen molar-refractivity contribution in [1.29, 1.82) is 0 Å². The second-order valence-corrected chi connectivity index (χ2v) is 7.10. The first-order chi connectivity index (χ1) is 9.28. The Morgan fingerprint density at radius 3 is 2.58 bits per heavy atom. The van der Waals surface area contributed by atoms with E-state index in [9.17, 15) is 4.79 Å². The third-order valence-corrected chi connectivity index (χ3v) is 6.01. The largest absolute Gasteiger partial charge is 0.341 e. The molecule has 2 bridgehead atoms. The Morgan fingerprint density at radius 2 is 1.84 bits per heavy atom. The molecule has 5 heteroatoms. The lowest BCUT2D eigenvalue weighted by atomic mass is 10.1. The molecule has 4 nitrogen and oxygen atoms in total. The molecule has 4 fully saturated rings. The number of nitrogens with zero attached hydrogens (tertiary/aromatic N) is 3. The van der Waals surface area contributed by atoms with Crippen molar-refractivity contribution in [3.8, 4) is 0 Å². The van der Waals surface area contributed by atoms with Crippen LogP contribution in [0.25, 0.3) is 0 Å². The summed E-state index contributed by atoms with van der Waals surface area (Å²) >= 11 is 1.95. The topological polar surface area (TPSA) is 26.8 Å². The van der Waals surface area contributed by atoms with Gasteiger partial charge in [0.25, 0.3) is 0 Å². The van der Waals surface area contributed by atoms with E-state index < -0.39 is 0 Å². The maximum Gasteiger partial charge on any atom is 0.241 e. The van der Waals surface area contributed by atoms with Gasteiger partial charge in [0.05, 0.1) is 0 Å². The highest BCUT2D eigenvalue weighted by atomic mass is 32.2. The quantitative estimate of drug-likeness (QED) is 0.746. The summed E-state index contributed by atoms with van der Waals surface area (Å²) in [6.07, 6.45) is 5.75. The second kappa shape index (κ2) is 6.02. The molecule has 3 atom stereocenters. The predicted octanol–water partition coefficient (Wildman–Crippen LogP) is 0.730. The smallest absolute Gasteiger partial charge is 0.241 e. The van der Waals surface area contributed by atoms with Gasteiger partial charge in [0.1, 0.15) is 6.04 Å². The monoisotopic (exact) mass is 283 g/mol. The van der Waals surface area contributed by atoms with Crippen molar-refractivity contribution in [2.75, 3.05) is 52.1 Å². The number of thioether (sulfide) groups is 1. The minimum atomic E-state index is 0.141. The van der Waals surface area contributed by atoms with Crippen molar-refractivity contribution in [2.24, 2.45) is 0 Å². The first kappa shape index (κ1) is 13.7. The number of hydrogen-bond acceptors (Lipinski definition) is 4. The van der Waals surface area contributed by atoms with E-state index in [0.29, 0.717) is 5.91 Å². The van der Waals surface area contributed by atoms with Crippen LogP contribution in [0.5, 0.6) is 0 Å². The van der Waals surface area contributed by atoms with Crippen LogP contribution in [-0.4, -0.2) is 84.0 Å². The number of carbonyl (C=O) groups excluding carboxylic acids is 1. The Balaban J connectivity index is 1.61. The summed E-state index contributed by atoms with van der Waals surface area (Å²) in [4.78, 5) is 19.8. The molecule has 4 rings (SSSR count). The van der Waals surface area contributed by atoms with Crippen LogP contribution in [0.4, 0.5) is 0 Å². The number of piperazine rings is 1. The summed E-state index contributed by atoms with van der Waals surface area (Å²) in [7, 11) is 0. The summed E-state index contributed by atoms with van der Waals surface area (Å²) in [5.74, 6) is 0.395. The van der Waals surface area contributed by atoms with E-state index >= 15 is 0 Å². The summed E-state index contributed by atoms with van der Waals surface area (Å²) in [5.41, 5.74) is 0. The molecule has 4 aliphatic heterocycles. The Bertz CT molecular complexity index is 327. The van der Waals surface area contributed by atoms with Crippen molar-refractivity contribution >= 4 is 17.7 Å². The highest BCUT2D eigenvalue weighted by Crippen LogP contribution is 2.23. The molecule has 19 heavy (non-hydrogen) atoms. The van der Waals surface area contributed by atoms with Crippen LogP contribution >= 0.6 is 11.8 Å². The number of likely N-dealkylation sites (tertiary alicyclic amines) is 1. The van der Waals surface area contributed by atoms with Crippen molar-refractivity contribution in [3.05, 3.63) is 0 Å². The maximum atomic E-state index is 12.7. The van der Waals surface area contributed by atoms with Crippen LogP contribution in [-0.2, 0) is 4.79 Å². The first-order valence-corrected chi connectivity index (χ1v) is 8.84. The van der Waals surface area contributed by atoms with Crippen LogP contribution in [0.2, 0.25) is 0 Å². The second-order valence-electron chi connectivity index (χ2n) is 5.97. The van der Waals surface area contributed by atoms with Crippen LogP contribution < -0.4 is 0 Å². The van der Waals surface area contributed by atoms with E-state index in [0.717, 1.165) is 44.5 Å². The molecule has 1 amide bonds. The Hall–Kier alpha value is -0.260. The van der Waals surface area contributed by atoms with Crippen molar-refractivity contribution in [1.82, 2.24) is 14.7 Å². The predicted molar refractivity (Wildman–Crippen MR) is 79.5 cm³/mol. The molecular weight excluding hydrogens is 258 g/mol. The van der Waals surface area contributed by atoms with Gasteiger partial charge in [-0.05, 0) is 32.1 Å². The molecule has 4 saturated heterocycles. The summed E-state index contributed by atoms with van der Waals surface area (Å²) in [6.45, 7) is 7.41. The highest BCUT2D eigenvalue weighted by molar-refractivity contribution is 7.99. The fourth-order valence-electron chi connectivity index (χ4n) is 3.60. The molecular formula is C14H25N3OS. The van der Waals surface area contributed by atoms with Crippen LogP contribution in [0.1, 0.15) is 19.3 Å². The molecule has 0 saturated carbocycles. The Kier molecular flexibility index (Phi) is 4.34. The van der Waals surface area contributed by atoms with E-state index in [-0.39, 0.29) is 6.04 Å². The van der Waals surface area contributed by atoms with Crippen LogP contribution in [0.3, 0.4) is 0 Å². The molecule has 0 spiro atoms. The number of carbonyl (C=O) groups is 1. The fourth-order valence-corrected chi connectivity index (χ4v) is 4.28. The average molecular weight is 283 g/mol. The van der Waals surface area contributed by atoms with E-state index in [4.69, 9.17) is 0 Å². The lowest BCUT2D eigenvalue weighted by Crippen LogP contribution is -2.58. The minimum Gasteiger partial charge on any atom is -0.341 e. The molecule has 4 heterocycles. The molecule has 0 N–H and O–H groups in total. The van der Waals surface area contributed by atoms with Crippen molar-refractivity contribution < 1.29 is 4.79 Å². The Morgan fingerprint density at radius 1 is 1.05 bits per heavy atom. The van der Waals surface area contributed by atoms with Gasteiger partial charge in [0, 0.05) is 44.5 Å². The van der Waals surface area contributed by atoms with Crippen molar-refractivity contribution in [2.45, 2.75) is 30.6 Å². The molecule has 0 aromatic heterocycles. The maximum absolute atomic E-state index is 12.7. The minimum absolute atomic E-state index is 0.141. The summed E-state index contributed by atoms with van der Waals surface area (Å²) in [5, 5.41) is 0.763. The number of fused-ring (bicyclic) bond motifs is 4. The van der Waals surface area contributed by atoms with Crippen molar-refractivity contribution in [3.63, 3.8) is 0 Å². The lowest BCUT2D eigenvalue weighted by Gasteiger charge is -2.40. The van der Waals surface area contributed by atoms with Gasteiger partial charge in [0.15, 0.2) is 0 Å². The number of hydrogen-bond donors (Lipinski definition) is 0. The molecule has 0 aliphatic carbocycles. The average Bonchev–Trinajstić information content (AvgIpc) is 2.82. The number of piperidine rings is 1. The molecule has 0 aromatic carbocycles. The third-order valence-electron chi connectivity index (χ3n) is 4.87. The van der Waals surface area contributed by atoms with Gasteiger partial charge in [-0.1, -0.05) is 0 Å². The zero-order chi connectivity index (χ0) is 13.2. The lowest BCUT2D eigenvalue weighted by molar-refractivity contribution is -0.139. The molecule has 4 aliphatic rings. The Labute approximate surface area is 120 Å². The highest BCUT2D eigenvalue weighted by Gasteiger charge is 2.37. The standard InChI is InChI=1S/C14H25N3OS/c1-19-12-3-7-17(8-4-12)14(18)13-11-15-5-2-6-16(13)10-9-15/h12-13H,2-11H2,1H3. The summed E-state index contributed by atoms with van der Waals surface area (Å²) < 4.78 is 0. The first-order valence-electron chi connectivity index (χ1n) is 7.56. The van der Waals surface area contributed by atoms with E-state index in [1.54, 1.807) is 0 Å². The number of amides is 1. The third kappa shape index (κ3) is 2.93. The SMILES string of the molecule is CSC1CCN(C(=O)C2CN3CCCN2CC3)CC1. The van der Waals surface area contributed by atoms with Gasteiger partial charge in [0.2, 0.25) is 5.91 Å². The van der Waals surface area contributed by atoms with Gasteiger partial charge in [-0.2, -0.15) is 11.8 Å². The van der Waals surface area contributed by atoms with E-state index in [1.165, 1.54) is 25.8 Å². The molecule has 0 aromatic rings. The molecule has 0 radical (unpaired) electrons. The fraction of sp³-hybridized carbons (Fsp3) is 0.929. The van der Waals surface area contributed by atoms with Crippen LogP contribution in [0.15, 0.2) is 0 Å². The van der Waals surface area contributed by atoms with Crippen LogP contribution in [0, 0.1) is 0 Å². The number of rotatable bonds is 2. The van der Waals surface area contributed by atoms with Gasteiger partial charge in [-0.3, -0.25) is 14.6 Å². The zero-order valence-electron chi connectivity index (χ0n) is 11.9. The molecule has 3 unspecified atom stereocenters.